The number of rotatable bonds is 8. The topological polar surface area (TPSA) is 81.8 Å². The lowest BCUT2D eigenvalue weighted by Crippen LogP contribution is -2.42. The second-order valence-corrected chi connectivity index (χ2v) is 8.90. The van der Waals surface area contributed by atoms with Crippen molar-refractivity contribution in [2.45, 2.75) is 46.7 Å². The molecule has 2 N–H and O–H groups in total. The Morgan fingerprint density at radius 1 is 1.26 bits per heavy atom. The molecule has 3 heterocycles. The third-order valence-electron chi connectivity index (χ3n) is 5.36. The van der Waals surface area contributed by atoms with Gasteiger partial charge in [-0.1, -0.05) is 0 Å². The lowest BCUT2D eigenvalue weighted by atomic mass is 9.97. The molecule has 0 aromatic carbocycles. The van der Waals surface area contributed by atoms with Crippen LogP contribution in [0.25, 0.3) is 0 Å². The molecule has 0 amide bonds. The van der Waals surface area contributed by atoms with Crippen LogP contribution in [0.4, 0.5) is 5.13 Å². The van der Waals surface area contributed by atoms with Gasteiger partial charge in [0.2, 0.25) is 5.89 Å². The number of guanidine groups is 1. The number of aliphatic imine (C=N–C) groups is 1. The number of nitrogens with one attached hydrogen (secondary N) is 2. The Balaban J connectivity index is 0.00000341. The number of oxazole rings is 1. The molecule has 8 nitrogen and oxygen atoms in total. The number of anilines is 1. The SMILES string of the molecule is CCNC(=NCc1csc(N(C)C)n1)NCC1CCN(Cc2nc(C)c(C)o2)CC1.I. The maximum Gasteiger partial charge on any atom is 0.208 e. The zero-order valence-corrected chi connectivity index (χ0v) is 22.4. The minimum atomic E-state index is 0. The lowest BCUT2D eigenvalue weighted by Gasteiger charge is -2.31. The molecule has 0 bridgehead atoms. The van der Waals surface area contributed by atoms with Crippen molar-refractivity contribution in [1.82, 2.24) is 25.5 Å². The first kappa shape index (κ1) is 25.9. The predicted molar refractivity (Wildman–Crippen MR) is 139 cm³/mol. The molecule has 0 aliphatic carbocycles. The van der Waals surface area contributed by atoms with Crippen LogP contribution in [-0.2, 0) is 13.1 Å². The first-order chi connectivity index (χ1) is 14.4. The van der Waals surface area contributed by atoms with E-state index in [1.807, 2.05) is 32.8 Å². The summed E-state index contributed by atoms with van der Waals surface area (Å²) in [5.41, 5.74) is 2.00. The van der Waals surface area contributed by atoms with Crippen LogP contribution in [0.3, 0.4) is 0 Å². The van der Waals surface area contributed by atoms with Gasteiger partial charge in [-0.25, -0.2) is 15.0 Å². The highest BCUT2D eigenvalue weighted by molar-refractivity contribution is 14.0. The predicted octanol–water partition coefficient (Wildman–Crippen LogP) is 3.40. The Hall–Kier alpha value is -1.40. The summed E-state index contributed by atoms with van der Waals surface area (Å²) in [7, 11) is 4.02. The highest BCUT2D eigenvalue weighted by Crippen LogP contribution is 2.20. The van der Waals surface area contributed by atoms with Crippen molar-refractivity contribution in [2.75, 3.05) is 45.2 Å². The second kappa shape index (κ2) is 12.6. The summed E-state index contributed by atoms with van der Waals surface area (Å²) in [6.45, 7) is 11.4. The largest absolute Gasteiger partial charge is 0.444 e. The molecule has 174 valence electrons. The highest BCUT2D eigenvalue weighted by atomic mass is 127. The number of piperidine rings is 1. The maximum atomic E-state index is 5.73. The first-order valence-electron chi connectivity index (χ1n) is 10.7. The zero-order chi connectivity index (χ0) is 21.5. The number of hydrogen-bond acceptors (Lipinski definition) is 7. The summed E-state index contributed by atoms with van der Waals surface area (Å²) in [6, 6.07) is 0. The molecule has 0 saturated carbocycles. The molecule has 0 atom stereocenters. The van der Waals surface area contributed by atoms with Crippen molar-refractivity contribution in [3.63, 3.8) is 0 Å². The Bertz CT molecular complexity index is 808. The van der Waals surface area contributed by atoms with Crippen molar-refractivity contribution in [3.8, 4) is 0 Å². The fourth-order valence-electron chi connectivity index (χ4n) is 3.46. The molecule has 1 fully saturated rings. The van der Waals surface area contributed by atoms with Gasteiger partial charge in [0.15, 0.2) is 11.1 Å². The van der Waals surface area contributed by atoms with E-state index < -0.39 is 0 Å². The second-order valence-electron chi connectivity index (χ2n) is 8.06. The number of likely N-dealkylation sites (tertiary alicyclic amines) is 1. The summed E-state index contributed by atoms with van der Waals surface area (Å²) in [5.74, 6) is 3.28. The molecule has 31 heavy (non-hydrogen) atoms. The van der Waals surface area contributed by atoms with Crippen LogP contribution in [0.2, 0.25) is 0 Å². The Labute approximate surface area is 206 Å². The van der Waals surface area contributed by atoms with Crippen LogP contribution >= 0.6 is 35.3 Å². The van der Waals surface area contributed by atoms with E-state index in [1.165, 1.54) is 12.8 Å². The fraction of sp³-hybridized carbons (Fsp3) is 0.667. The van der Waals surface area contributed by atoms with Gasteiger partial charge in [-0.3, -0.25) is 4.90 Å². The number of aryl methyl sites for hydroxylation is 2. The van der Waals surface area contributed by atoms with Crippen LogP contribution in [-0.4, -0.2) is 61.1 Å². The highest BCUT2D eigenvalue weighted by Gasteiger charge is 2.21. The van der Waals surface area contributed by atoms with Crippen LogP contribution in [0.5, 0.6) is 0 Å². The summed E-state index contributed by atoms with van der Waals surface area (Å²) in [4.78, 5) is 18.3. The minimum absolute atomic E-state index is 0. The third kappa shape index (κ3) is 7.90. The van der Waals surface area contributed by atoms with Crippen LogP contribution in [0.1, 0.15) is 42.8 Å². The van der Waals surface area contributed by atoms with Crippen molar-refractivity contribution in [3.05, 3.63) is 28.4 Å². The van der Waals surface area contributed by atoms with E-state index in [0.29, 0.717) is 12.5 Å². The van der Waals surface area contributed by atoms with E-state index in [1.54, 1.807) is 11.3 Å². The number of halogens is 1. The van der Waals surface area contributed by atoms with Crippen molar-refractivity contribution >= 4 is 46.4 Å². The van der Waals surface area contributed by atoms with E-state index in [0.717, 1.165) is 66.9 Å². The van der Waals surface area contributed by atoms with Gasteiger partial charge >= 0.3 is 0 Å². The van der Waals surface area contributed by atoms with E-state index in [9.17, 15) is 0 Å². The molecule has 0 spiro atoms. The van der Waals surface area contributed by atoms with Gasteiger partial charge in [0, 0.05) is 32.6 Å². The lowest BCUT2D eigenvalue weighted by molar-refractivity contribution is 0.164. The summed E-state index contributed by atoms with van der Waals surface area (Å²) in [5, 5.41) is 9.96. The first-order valence-corrected chi connectivity index (χ1v) is 11.6. The molecular formula is C21H36IN7OS. The van der Waals surface area contributed by atoms with Crippen LogP contribution in [0, 0.1) is 19.8 Å². The standard InChI is InChI=1S/C21H35N7OS.HI/c1-6-22-20(24-12-18-14-30-21(26-18)27(4)5)23-11-17-7-9-28(10-8-17)13-19-25-15(2)16(3)29-19;/h14,17H,6-13H2,1-5H3,(H2,22,23,24);1H. The summed E-state index contributed by atoms with van der Waals surface area (Å²) in [6.07, 6.45) is 2.34. The van der Waals surface area contributed by atoms with E-state index in [2.05, 4.69) is 37.8 Å². The van der Waals surface area contributed by atoms with E-state index in [4.69, 9.17) is 9.41 Å². The average Bonchev–Trinajstić information content (AvgIpc) is 3.32. The van der Waals surface area contributed by atoms with Gasteiger partial charge in [0.05, 0.1) is 24.5 Å². The van der Waals surface area contributed by atoms with Crippen LogP contribution < -0.4 is 15.5 Å². The van der Waals surface area contributed by atoms with Gasteiger partial charge in [-0.05, 0) is 52.6 Å². The number of hydrogen-bond donors (Lipinski definition) is 2. The fourth-order valence-corrected chi connectivity index (χ4v) is 4.21. The molecule has 1 aliphatic rings. The van der Waals surface area contributed by atoms with Gasteiger partial charge in [-0.15, -0.1) is 35.3 Å². The molecule has 3 rings (SSSR count). The van der Waals surface area contributed by atoms with Crippen molar-refractivity contribution < 1.29 is 4.42 Å². The average molecular weight is 562 g/mol. The molecular weight excluding hydrogens is 525 g/mol. The minimum Gasteiger partial charge on any atom is -0.444 e. The Morgan fingerprint density at radius 3 is 2.58 bits per heavy atom. The monoisotopic (exact) mass is 561 g/mol. The van der Waals surface area contributed by atoms with Gasteiger partial charge in [0.1, 0.15) is 5.76 Å². The molecule has 1 saturated heterocycles. The molecule has 1 aliphatic heterocycles. The van der Waals surface area contributed by atoms with E-state index >= 15 is 0 Å². The number of thiazole rings is 1. The van der Waals surface area contributed by atoms with Crippen LogP contribution in [0.15, 0.2) is 14.8 Å². The van der Waals surface area contributed by atoms with Crippen molar-refractivity contribution in [1.29, 1.82) is 0 Å². The van der Waals surface area contributed by atoms with Gasteiger partial charge < -0.3 is 20.0 Å². The zero-order valence-electron chi connectivity index (χ0n) is 19.3. The Kier molecular flexibility index (Phi) is 10.5. The molecule has 2 aromatic rings. The van der Waals surface area contributed by atoms with Gasteiger partial charge in [0.25, 0.3) is 0 Å². The maximum absolute atomic E-state index is 5.73. The molecule has 10 heteroatoms. The number of aromatic nitrogens is 2. The van der Waals surface area contributed by atoms with Gasteiger partial charge in [-0.2, -0.15) is 0 Å². The van der Waals surface area contributed by atoms with Crippen molar-refractivity contribution in [2.24, 2.45) is 10.9 Å². The molecule has 2 aromatic heterocycles. The summed E-state index contributed by atoms with van der Waals surface area (Å²) < 4.78 is 5.73. The van der Waals surface area contributed by atoms with E-state index in [-0.39, 0.29) is 24.0 Å². The third-order valence-corrected chi connectivity index (χ3v) is 6.42. The molecule has 0 unspecified atom stereocenters. The quantitative estimate of drug-likeness (QED) is 0.291. The molecule has 0 radical (unpaired) electrons. The summed E-state index contributed by atoms with van der Waals surface area (Å²) >= 11 is 1.65. The number of nitrogens with zero attached hydrogens (tertiary/aromatic N) is 5. The smallest absolute Gasteiger partial charge is 0.208 e. The normalized spacial score (nSPS) is 15.6. The Morgan fingerprint density at radius 2 is 2.00 bits per heavy atom.